The smallest absolute Gasteiger partial charge is 0.237 e. The van der Waals surface area contributed by atoms with Gasteiger partial charge in [0.1, 0.15) is 16.8 Å². The molecule has 1 heterocycles. The number of ether oxygens (including phenoxy) is 1. The molecule has 5 nitrogen and oxygen atoms in total. The van der Waals surface area contributed by atoms with Crippen LogP contribution in [0.2, 0.25) is 0 Å². The van der Waals surface area contributed by atoms with Gasteiger partial charge in [-0.25, -0.2) is 4.98 Å². The fraction of sp³-hybridized carbons (Fsp3) is 0.167. The first-order chi connectivity index (χ1) is 17.4. The molecule has 0 spiro atoms. The Balaban J connectivity index is 1.74. The Bertz CT molecular complexity index is 1410. The van der Waals surface area contributed by atoms with Crippen molar-refractivity contribution in [1.29, 1.82) is 5.26 Å². The lowest BCUT2D eigenvalue weighted by Gasteiger charge is -2.17. The number of methoxy groups -OCH3 is 1. The van der Waals surface area contributed by atoms with E-state index in [4.69, 9.17) is 9.72 Å². The van der Waals surface area contributed by atoms with Crippen molar-refractivity contribution in [1.82, 2.24) is 4.98 Å². The summed E-state index contributed by atoms with van der Waals surface area (Å²) in [5, 5.41) is 13.3. The van der Waals surface area contributed by atoms with Crippen molar-refractivity contribution in [2.45, 2.75) is 31.0 Å². The molecule has 0 bridgehead atoms. The number of thioether (sulfide) groups is 1. The Morgan fingerprint density at radius 3 is 2.25 bits per heavy atom. The quantitative estimate of drug-likeness (QED) is 0.280. The molecule has 1 aromatic heterocycles. The van der Waals surface area contributed by atoms with Crippen molar-refractivity contribution in [2.75, 3.05) is 12.4 Å². The van der Waals surface area contributed by atoms with Crippen LogP contribution in [0.25, 0.3) is 22.4 Å². The third-order valence-electron chi connectivity index (χ3n) is 5.96. The Morgan fingerprint density at radius 1 is 0.972 bits per heavy atom. The first-order valence-electron chi connectivity index (χ1n) is 11.6. The number of nitrogens with one attached hydrogen (secondary N) is 1. The van der Waals surface area contributed by atoms with E-state index in [1.807, 2.05) is 99.6 Å². The van der Waals surface area contributed by atoms with Crippen molar-refractivity contribution >= 4 is 23.4 Å². The van der Waals surface area contributed by atoms with Gasteiger partial charge in [-0.05, 0) is 55.7 Å². The van der Waals surface area contributed by atoms with E-state index in [-0.39, 0.29) is 5.91 Å². The number of aryl methyl sites for hydroxylation is 2. The number of aromatic nitrogens is 1. The Hall–Kier alpha value is -4.08. The molecule has 36 heavy (non-hydrogen) atoms. The number of pyridine rings is 1. The van der Waals surface area contributed by atoms with E-state index in [2.05, 4.69) is 11.4 Å². The predicted molar refractivity (Wildman–Crippen MR) is 146 cm³/mol. The van der Waals surface area contributed by atoms with Crippen LogP contribution in [0.5, 0.6) is 5.75 Å². The van der Waals surface area contributed by atoms with Crippen LogP contribution in [-0.2, 0) is 4.79 Å². The maximum Gasteiger partial charge on any atom is 0.237 e. The van der Waals surface area contributed by atoms with Gasteiger partial charge in [0.05, 0.1) is 23.6 Å². The molecule has 1 amide bonds. The summed E-state index contributed by atoms with van der Waals surface area (Å²) < 4.78 is 5.30. The zero-order chi connectivity index (χ0) is 25.7. The van der Waals surface area contributed by atoms with E-state index in [0.29, 0.717) is 10.6 Å². The van der Waals surface area contributed by atoms with Crippen molar-refractivity contribution in [2.24, 2.45) is 0 Å². The summed E-state index contributed by atoms with van der Waals surface area (Å²) >= 11 is 1.29. The van der Waals surface area contributed by atoms with Crippen LogP contribution < -0.4 is 10.1 Å². The highest BCUT2D eigenvalue weighted by Gasteiger charge is 2.22. The third kappa shape index (κ3) is 5.42. The van der Waals surface area contributed by atoms with E-state index >= 15 is 0 Å². The highest BCUT2D eigenvalue weighted by molar-refractivity contribution is 8.00. The largest absolute Gasteiger partial charge is 0.497 e. The molecule has 0 saturated carbocycles. The second-order valence-electron chi connectivity index (χ2n) is 8.46. The number of hydrogen-bond donors (Lipinski definition) is 1. The molecule has 0 radical (unpaired) electrons. The molecule has 0 fully saturated rings. The lowest BCUT2D eigenvalue weighted by atomic mass is 9.99. The lowest BCUT2D eigenvalue weighted by molar-refractivity contribution is -0.115. The van der Waals surface area contributed by atoms with Crippen molar-refractivity contribution in [3.63, 3.8) is 0 Å². The number of hydrogen-bond acceptors (Lipinski definition) is 5. The molecule has 180 valence electrons. The monoisotopic (exact) mass is 493 g/mol. The average Bonchev–Trinajstić information content (AvgIpc) is 2.90. The van der Waals surface area contributed by atoms with Gasteiger partial charge >= 0.3 is 0 Å². The van der Waals surface area contributed by atoms with Crippen LogP contribution in [0.1, 0.15) is 23.6 Å². The van der Waals surface area contributed by atoms with Crippen molar-refractivity contribution < 1.29 is 9.53 Å². The van der Waals surface area contributed by atoms with Crippen LogP contribution in [0, 0.1) is 25.2 Å². The number of nitrogens with zero attached hydrogens (tertiary/aromatic N) is 2. The summed E-state index contributed by atoms with van der Waals surface area (Å²) in [6, 6.07) is 27.6. The first kappa shape index (κ1) is 25.0. The van der Waals surface area contributed by atoms with Gasteiger partial charge in [0, 0.05) is 16.8 Å². The van der Waals surface area contributed by atoms with Crippen molar-refractivity contribution in [3.8, 4) is 34.2 Å². The van der Waals surface area contributed by atoms with Crippen LogP contribution in [0.3, 0.4) is 0 Å². The van der Waals surface area contributed by atoms with Crippen molar-refractivity contribution in [3.05, 3.63) is 95.6 Å². The van der Waals surface area contributed by atoms with Gasteiger partial charge in [0.2, 0.25) is 5.91 Å². The summed E-state index contributed by atoms with van der Waals surface area (Å²) in [5.41, 5.74) is 6.59. The molecule has 1 atom stereocenters. The van der Waals surface area contributed by atoms with Crippen LogP contribution >= 0.6 is 11.8 Å². The normalized spacial score (nSPS) is 11.4. The van der Waals surface area contributed by atoms with Crippen LogP contribution in [0.15, 0.2) is 83.9 Å². The standard InChI is InChI=1S/C30H27N3O2S/c1-19-9-8-10-20(2)28(19)33-29(34)21(3)36-30-26(18-31)25(22-13-15-24(35-4)16-14-22)17-27(32-30)23-11-6-5-7-12-23/h5-17,21H,1-4H3,(H,33,34)/t21-/m0/s1. The number of anilines is 1. The second-order valence-corrected chi connectivity index (χ2v) is 9.79. The fourth-order valence-electron chi connectivity index (χ4n) is 3.93. The van der Waals surface area contributed by atoms with Gasteiger partial charge in [-0.2, -0.15) is 5.26 Å². The SMILES string of the molecule is COc1ccc(-c2cc(-c3ccccc3)nc(S[C@@H](C)C(=O)Nc3c(C)cccc3C)c2C#N)cc1. The minimum absolute atomic E-state index is 0.140. The number of carbonyl (C=O) groups excluding carboxylic acids is 1. The number of amides is 1. The van der Waals surface area contributed by atoms with E-state index in [0.717, 1.165) is 44.9 Å². The molecular formula is C30H27N3O2S. The van der Waals surface area contributed by atoms with E-state index < -0.39 is 5.25 Å². The molecule has 6 heteroatoms. The minimum Gasteiger partial charge on any atom is -0.497 e. The van der Waals surface area contributed by atoms with Crippen LogP contribution in [0.4, 0.5) is 5.69 Å². The van der Waals surface area contributed by atoms with Gasteiger partial charge < -0.3 is 10.1 Å². The molecular weight excluding hydrogens is 466 g/mol. The summed E-state index contributed by atoms with van der Waals surface area (Å²) in [7, 11) is 1.62. The third-order valence-corrected chi connectivity index (χ3v) is 7.04. The molecule has 4 aromatic rings. The maximum absolute atomic E-state index is 13.1. The Labute approximate surface area is 216 Å². The summed E-state index contributed by atoms with van der Waals surface area (Å²) in [6.07, 6.45) is 0. The molecule has 0 unspecified atom stereocenters. The van der Waals surface area contributed by atoms with E-state index in [9.17, 15) is 10.1 Å². The number of carbonyl (C=O) groups is 1. The summed E-state index contributed by atoms with van der Waals surface area (Å²) in [4.78, 5) is 18.0. The Kier molecular flexibility index (Phi) is 7.72. The molecule has 4 rings (SSSR count). The molecule has 0 saturated heterocycles. The number of nitriles is 1. The minimum atomic E-state index is -0.474. The summed E-state index contributed by atoms with van der Waals surface area (Å²) in [6.45, 7) is 5.78. The molecule has 3 aromatic carbocycles. The van der Waals surface area contributed by atoms with Gasteiger partial charge in [-0.3, -0.25) is 4.79 Å². The van der Waals surface area contributed by atoms with Gasteiger partial charge in [0.15, 0.2) is 0 Å². The molecule has 0 aliphatic carbocycles. The molecule has 0 aliphatic heterocycles. The zero-order valence-electron chi connectivity index (χ0n) is 20.7. The Morgan fingerprint density at radius 2 is 1.64 bits per heavy atom. The molecule has 0 aliphatic rings. The van der Waals surface area contributed by atoms with Gasteiger partial charge in [-0.15, -0.1) is 0 Å². The maximum atomic E-state index is 13.1. The zero-order valence-corrected chi connectivity index (χ0v) is 21.5. The van der Waals surface area contributed by atoms with Gasteiger partial charge in [0.25, 0.3) is 0 Å². The number of rotatable bonds is 7. The van der Waals surface area contributed by atoms with Crippen LogP contribution in [-0.4, -0.2) is 23.3 Å². The topological polar surface area (TPSA) is 75.0 Å². The summed E-state index contributed by atoms with van der Waals surface area (Å²) in [5.74, 6) is 0.597. The highest BCUT2D eigenvalue weighted by atomic mass is 32.2. The molecule has 1 N–H and O–H groups in total. The van der Waals surface area contributed by atoms with E-state index in [1.54, 1.807) is 7.11 Å². The van der Waals surface area contributed by atoms with E-state index in [1.165, 1.54) is 11.8 Å². The number of benzene rings is 3. The second kappa shape index (κ2) is 11.1. The predicted octanol–water partition coefficient (Wildman–Crippen LogP) is 7.03. The lowest BCUT2D eigenvalue weighted by Crippen LogP contribution is -2.23. The average molecular weight is 494 g/mol. The highest BCUT2D eigenvalue weighted by Crippen LogP contribution is 2.36. The van der Waals surface area contributed by atoms with Gasteiger partial charge in [-0.1, -0.05) is 72.4 Å². The number of para-hydroxylation sites is 1. The first-order valence-corrected chi connectivity index (χ1v) is 12.5. The fourth-order valence-corrected chi connectivity index (χ4v) is 4.85.